The van der Waals surface area contributed by atoms with Gasteiger partial charge in [0.2, 0.25) is 11.8 Å². The van der Waals surface area contributed by atoms with Crippen molar-refractivity contribution in [3.63, 3.8) is 0 Å². The highest BCUT2D eigenvalue weighted by atomic mass is 32.2. The van der Waals surface area contributed by atoms with E-state index in [0.29, 0.717) is 18.4 Å². The van der Waals surface area contributed by atoms with Crippen molar-refractivity contribution in [2.45, 2.75) is 32.2 Å². The molecule has 6 heteroatoms. The normalized spacial score (nSPS) is 12.7. The van der Waals surface area contributed by atoms with Crippen LogP contribution in [0.2, 0.25) is 0 Å². The van der Waals surface area contributed by atoms with Gasteiger partial charge in [-0.15, -0.1) is 0 Å². The zero-order valence-electron chi connectivity index (χ0n) is 18.3. The summed E-state index contributed by atoms with van der Waals surface area (Å²) in [5, 5.41) is 3.49. The molecule has 0 fully saturated rings. The summed E-state index contributed by atoms with van der Waals surface area (Å²) in [6.07, 6.45) is 0. The molecule has 0 saturated heterocycles. The highest BCUT2D eigenvalue weighted by Crippen LogP contribution is 2.33. The number of benzene rings is 3. The lowest BCUT2D eigenvalue weighted by atomic mass is 10.00. The van der Waals surface area contributed by atoms with Crippen molar-refractivity contribution in [1.29, 1.82) is 0 Å². The highest BCUT2D eigenvalue weighted by Gasteiger charge is 2.14. The molecule has 1 aliphatic heterocycles. The van der Waals surface area contributed by atoms with Gasteiger partial charge in [0.1, 0.15) is 5.75 Å². The molecule has 4 aromatic rings. The number of aromatic nitrogens is 2. The molecule has 0 radical (unpaired) electrons. The second-order valence-electron chi connectivity index (χ2n) is 7.97. The minimum atomic E-state index is 0.509. The molecular formula is C26H24N4OS. The number of ether oxygens (including phenoxy) is 1. The molecule has 0 saturated carbocycles. The van der Waals surface area contributed by atoms with Crippen molar-refractivity contribution in [2.75, 3.05) is 10.0 Å². The molecule has 2 heterocycles. The lowest BCUT2D eigenvalue weighted by molar-refractivity contribution is 0.459. The molecule has 0 spiro atoms. The van der Waals surface area contributed by atoms with E-state index in [1.54, 1.807) is 0 Å². The second-order valence-corrected chi connectivity index (χ2v) is 8.85. The molecule has 32 heavy (non-hydrogen) atoms. The Bertz CT molecular complexity index is 1280. The molecule has 160 valence electrons. The first-order valence-electron chi connectivity index (χ1n) is 10.5. The van der Waals surface area contributed by atoms with Crippen LogP contribution in [-0.2, 0) is 6.54 Å². The third-order valence-electron chi connectivity index (χ3n) is 5.50. The summed E-state index contributed by atoms with van der Waals surface area (Å²) in [6, 6.07) is 22.7. The smallest absolute Gasteiger partial charge is 0.237 e. The van der Waals surface area contributed by atoms with Crippen molar-refractivity contribution >= 4 is 23.6 Å². The van der Waals surface area contributed by atoms with Gasteiger partial charge in [-0.25, -0.2) is 4.98 Å². The van der Waals surface area contributed by atoms with E-state index in [-0.39, 0.29) is 0 Å². The number of nitrogens with zero attached hydrogens (tertiary/aromatic N) is 2. The Hall–Kier alpha value is -3.51. The number of nitrogens with one attached hydrogen (secondary N) is 2. The number of hydrogen-bond acceptors (Lipinski definition) is 6. The van der Waals surface area contributed by atoms with E-state index in [1.165, 1.54) is 23.1 Å². The van der Waals surface area contributed by atoms with Crippen molar-refractivity contribution in [1.82, 2.24) is 9.97 Å². The summed E-state index contributed by atoms with van der Waals surface area (Å²) < 4.78 is 9.60. The number of aryl methyl sites for hydroxylation is 3. The fourth-order valence-corrected chi connectivity index (χ4v) is 4.46. The van der Waals surface area contributed by atoms with Crippen molar-refractivity contribution in [3.05, 3.63) is 89.0 Å². The number of hydrogen-bond donors (Lipinski definition) is 2. The van der Waals surface area contributed by atoms with Crippen LogP contribution in [0.3, 0.4) is 0 Å². The van der Waals surface area contributed by atoms with E-state index in [9.17, 15) is 0 Å². The molecule has 1 aromatic heterocycles. The van der Waals surface area contributed by atoms with Crippen LogP contribution in [0.25, 0.3) is 11.3 Å². The van der Waals surface area contributed by atoms with Gasteiger partial charge in [0.05, 0.1) is 5.69 Å². The van der Waals surface area contributed by atoms with E-state index in [0.717, 1.165) is 38.7 Å². The van der Waals surface area contributed by atoms with Gasteiger partial charge in [-0.2, -0.15) is 4.98 Å². The summed E-state index contributed by atoms with van der Waals surface area (Å²) in [7, 11) is 0. The minimum absolute atomic E-state index is 0.509. The average molecular weight is 441 g/mol. The van der Waals surface area contributed by atoms with Gasteiger partial charge in [0.15, 0.2) is 0 Å². The molecule has 0 aliphatic carbocycles. The molecule has 0 atom stereocenters. The van der Waals surface area contributed by atoms with Gasteiger partial charge in [-0.05, 0) is 79.2 Å². The molecule has 0 amide bonds. The van der Waals surface area contributed by atoms with Crippen LogP contribution >= 0.6 is 11.9 Å². The SMILES string of the molecule is Cc1ccc2cc1Oc1cc(-c3c(C)cccc3C)nc(n1)NSc1cccc(c1)NC2. The first-order chi connectivity index (χ1) is 15.5. The van der Waals surface area contributed by atoms with Gasteiger partial charge in [-0.1, -0.05) is 36.4 Å². The van der Waals surface area contributed by atoms with Crippen molar-refractivity contribution in [3.8, 4) is 22.9 Å². The summed E-state index contributed by atoms with van der Waals surface area (Å²) in [4.78, 5) is 10.5. The van der Waals surface area contributed by atoms with Crippen LogP contribution in [0.1, 0.15) is 22.3 Å². The van der Waals surface area contributed by atoms with Gasteiger partial charge >= 0.3 is 0 Å². The van der Waals surface area contributed by atoms with Crippen molar-refractivity contribution in [2.24, 2.45) is 0 Å². The monoisotopic (exact) mass is 440 g/mol. The van der Waals surface area contributed by atoms with E-state index in [1.807, 2.05) is 19.1 Å². The Labute approximate surface area is 192 Å². The molecule has 6 bridgehead atoms. The van der Waals surface area contributed by atoms with Crippen LogP contribution in [0.15, 0.2) is 71.6 Å². The Morgan fingerprint density at radius 3 is 2.50 bits per heavy atom. The van der Waals surface area contributed by atoms with Crippen LogP contribution in [0.5, 0.6) is 11.6 Å². The maximum Gasteiger partial charge on any atom is 0.237 e. The maximum atomic E-state index is 6.30. The second kappa shape index (κ2) is 8.55. The lowest BCUT2D eigenvalue weighted by Crippen LogP contribution is -2.03. The van der Waals surface area contributed by atoms with Crippen LogP contribution in [-0.4, -0.2) is 9.97 Å². The fourth-order valence-electron chi connectivity index (χ4n) is 3.82. The molecule has 3 aromatic carbocycles. The van der Waals surface area contributed by atoms with E-state index < -0.39 is 0 Å². The van der Waals surface area contributed by atoms with Gasteiger partial charge in [0.25, 0.3) is 0 Å². The van der Waals surface area contributed by atoms with E-state index in [2.05, 4.69) is 83.5 Å². The molecular weight excluding hydrogens is 416 g/mol. The number of rotatable bonds is 1. The summed E-state index contributed by atoms with van der Waals surface area (Å²) in [6.45, 7) is 6.96. The Morgan fingerprint density at radius 2 is 1.66 bits per heavy atom. The third-order valence-corrected chi connectivity index (χ3v) is 6.27. The topological polar surface area (TPSA) is 59.1 Å². The average Bonchev–Trinajstić information content (AvgIpc) is 2.78. The van der Waals surface area contributed by atoms with Crippen LogP contribution < -0.4 is 14.8 Å². The first-order valence-corrected chi connectivity index (χ1v) is 11.4. The number of fused-ring (bicyclic) bond motifs is 6. The third kappa shape index (κ3) is 4.27. The van der Waals surface area contributed by atoms with E-state index in [4.69, 9.17) is 9.72 Å². The zero-order valence-corrected chi connectivity index (χ0v) is 19.1. The summed E-state index contributed by atoms with van der Waals surface area (Å²) in [5.74, 6) is 1.81. The summed E-state index contributed by atoms with van der Waals surface area (Å²) in [5.41, 5.74) is 7.53. The quantitative estimate of drug-likeness (QED) is 0.314. The van der Waals surface area contributed by atoms with E-state index >= 15 is 0 Å². The Morgan fingerprint density at radius 1 is 0.844 bits per heavy atom. The molecule has 5 rings (SSSR count). The van der Waals surface area contributed by atoms with Crippen molar-refractivity contribution < 1.29 is 4.74 Å². The van der Waals surface area contributed by atoms with Crippen LogP contribution in [0.4, 0.5) is 11.6 Å². The highest BCUT2D eigenvalue weighted by molar-refractivity contribution is 8.00. The molecule has 5 nitrogen and oxygen atoms in total. The standard InChI is InChI=1S/C26H24N4OS/c1-16-10-11-19-12-23(16)31-24-14-22(25-17(2)6-4-7-18(25)3)28-26(29-24)30-32-21-9-5-8-20(13-21)27-15-19/h4-14,27H,15H2,1-3H3,(H,28,29,30). The predicted octanol–water partition coefficient (Wildman–Crippen LogP) is 6.91. The minimum Gasteiger partial charge on any atom is -0.439 e. The maximum absolute atomic E-state index is 6.30. The first kappa shape index (κ1) is 20.4. The Balaban J connectivity index is 1.65. The molecule has 0 unspecified atom stereocenters. The van der Waals surface area contributed by atoms with Gasteiger partial charge in [-0.3, -0.25) is 4.72 Å². The predicted molar refractivity (Wildman–Crippen MR) is 131 cm³/mol. The molecule has 2 N–H and O–H groups in total. The Kier molecular flexibility index (Phi) is 5.45. The fraction of sp³-hybridized carbons (Fsp3) is 0.154. The van der Waals surface area contributed by atoms with Gasteiger partial charge < -0.3 is 10.1 Å². The van der Waals surface area contributed by atoms with Gasteiger partial charge in [0, 0.05) is 28.8 Å². The lowest BCUT2D eigenvalue weighted by Gasteiger charge is -2.16. The van der Waals surface area contributed by atoms with Crippen LogP contribution in [0, 0.1) is 20.8 Å². The number of anilines is 2. The zero-order chi connectivity index (χ0) is 22.1. The summed E-state index contributed by atoms with van der Waals surface area (Å²) >= 11 is 1.48. The largest absolute Gasteiger partial charge is 0.439 e. The molecule has 1 aliphatic rings.